The van der Waals surface area contributed by atoms with E-state index in [1.165, 1.54) is 19.3 Å². The molecule has 0 aliphatic carbocycles. The monoisotopic (exact) mass is 445 g/mol. The van der Waals surface area contributed by atoms with E-state index < -0.39 is 5.54 Å². The van der Waals surface area contributed by atoms with Crippen molar-refractivity contribution in [1.82, 2.24) is 9.80 Å². The molecule has 0 radical (unpaired) electrons. The van der Waals surface area contributed by atoms with Crippen molar-refractivity contribution in [3.8, 4) is 11.5 Å². The molecule has 2 heterocycles. The van der Waals surface area contributed by atoms with Crippen molar-refractivity contribution in [3.63, 3.8) is 0 Å². The van der Waals surface area contributed by atoms with Crippen molar-refractivity contribution < 1.29 is 19.1 Å². The van der Waals surface area contributed by atoms with E-state index in [-0.39, 0.29) is 11.8 Å². The first-order valence-corrected chi connectivity index (χ1v) is 11.9. The second-order valence-corrected chi connectivity index (χ2v) is 9.31. The zero-order chi connectivity index (χ0) is 23.3. The van der Waals surface area contributed by atoms with Crippen molar-refractivity contribution in [2.24, 2.45) is 5.92 Å². The van der Waals surface area contributed by atoms with Crippen LogP contribution in [-0.4, -0.2) is 67.0 Å². The Bertz CT molecular complexity index is 790. The van der Waals surface area contributed by atoms with E-state index in [4.69, 9.17) is 9.47 Å². The van der Waals surface area contributed by atoms with Gasteiger partial charge in [0, 0.05) is 43.4 Å². The molecule has 0 aromatic heterocycles. The van der Waals surface area contributed by atoms with Crippen LogP contribution in [0.3, 0.4) is 0 Å². The fourth-order valence-electron chi connectivity index (χ4n) is 5.32. The van der Waals surface area contributed by atoms with Gasteiger partial charge in [0.05, 0.1) is 14.2 Å². The number of carbonyl (C=O) groups is 2. The summed E-state index contributed by atoms with van der Waals surface area (Å²) in [6, 6.07) is 5.80. The molecular formula is C25H39N3O4. The Morgan fingerprint density at radius 2 is 1.75 bits per heavy atom. The molecule has 0 spiro atoms. The predicted molar refractivity (Wildman–Crippen MR) is 126 cm³/mol. The summed E-state index contributed by atoms with van der Waals surface area (Å²) in [4.78, 5) is 30.8. The molecule has 2 saturated heterocycles. The number of hydrogen-bond acceptors (Lipinski definition) is 5. The van der Waals surface area contributed by atoms with Gasteiger partial charge in [-0.05, 0) is 58.0 Å². The third-order valence-corrected chi connectivity index (χ3v) is 7.41. The predicted octanol–water partition coefficient (Wildman–Crippen LogP) is 3.92. The molecule has 0 bridgehead atoms. The van der Waals surface area contributed by atoms with Gasteiger partial charge >= 0.3 is 0 Å². The Kier molecular flexibility index (Phi) is 8.04. The lowest BCUT2D eigenvalue weighted by Crippen LogP contribution is -2.60. The van der Waals surface area contributed by atoms with Crippen LogP contribution in [0.1, 0.15) is 59.3 Å². The summed E-state index contributed by atoms with van der Waals surface area (Å²) in [6.07, 6.45) is 6.50. The molecule has 178 valence electrons. The number of piperidine rings is 2. The molecule has 7 heteroatoms. The minimum absolute atomic E-state index is 0.0549. The molecule has 0 saturated carbocycles. The average Bonchev–Trinajstić information content (AvgIpc) is 2.81. The third-order valence-electron chi connectivity index (χ3n) is 7.41. The SMILES string of the molecule is CC[C@@](C)(C(=O)Nc1cc(OC)cc(OC)c1)N(C[C@H]1CCCN2CCCC[C@@H]12)C(C)=O. The summed E-state index contributed by atoms with van der Waals surface area (Å²) >= 11 is 0. The van der Waals surface area contributed by atoms with E-state index in [2.05, 4.69) is 10.2 Å². The summed E-state index contributed by atoms with van der Waals surface area (Å²) in [5, 5.41) is 3.01. The van der Waals surface area contributed by atoms with Gasteiger partial charge in [-0.2, -0.15) is 0 Å². The largest absolute Gasteiger partial charge is 0.497 e. The van der Waals surface area contributed by atoms with Crippen LogP contribution in [0.15, 0.2) is 18.2 Å². The zero-order valence-corrected chi connectivity index (χ0v) is 20.3. The molecule has 2 aliphatic heterocycles. The molecule has 1 aromatic carbocycles. The lowest BCUT2D eigenvalue weighted by atomic mass is 9.82. The van der Waals surface area contributed by atoms with Crippen LogP contribution < -0.4 is 14.8 Å². The van der Waals surface area contributed by atoms with Crippen LogP contribution in [0.2, 0.25) is 0 Å². The number of methoxy groups -OCH3 is 2. The van der Waals surface area contributed by atoms with Crippen LogP contribution in [0.25, 0.3) is 0 Å². The summed E-state index contributed by atoms with van der Waals surface area (Å²) in [5.74, 6) is 1.35. The van der Waals surface area contributed by atoms with Crippen molar-refractivity contribution >= 4 is 17.5 Å². The standard InChI is InChI=1S/C25H39N3O4/c1-6-25(3,24(30)26-20-14-21(31-4)16-22(15-20)32-5)28(18(2)29)17-19-10-9-13-27-12-8-7-11-23(19)27/h14-16,19,23H,6-13,17H2,1-5H3,(H,26,30)/t19-,23+,25+/m1/s1. The van der Waals surface area contributed by atoms with Gasteiger partial charge in [-0.1, -0.05) is 13.3 Å². The first-order valence-electron chi connectivity index (χ1n) is 11.9. The number of fused-ring (bicyclic) bond motifs is 1. The number of ether oxygens (including phenoxy) is 2. The van der Waals surface area contributed by atoms with E-state index in [9.17, 15) is 9.59 Å². The van der Waals surface area contributed by atoms with E-state index in [0.29, 0.717) is 42.1 Å². The Morgan fingerprint density at radius 3 is 2.34 bits per heavy atom. The maximum Gasteiger partial charge on any atom is 0.250 e. The lowest BCUT2D eigenvalue weighted by Gasteiger charge is -2.48. The minimum atomic E-state index is -0.945. The van der Waals surface area contributed by atoms with E-state index in [1.807, 2.05) is 18.7 Å². The number of nitrogens with zero attached hydrogens (tertiary/aromatic N) is 2. The molecule has 32 heavy (non-hydrogen) atoms. The van der Waals surface area contributed by atoms with Gasteiger partial charge in [0.15, 0.2) is 0 Å². The molecular weight excluding hydrogens is 406 g/mol. The second kappa shape index (κ2) is 10.6. The van der Waals surface area contributed by atoms with Crippen LogP contribution >= 0.6 is 0 Å². The van der Waals surface area contributed by atoms with E-state index in [1.54, 1.807) is 39.3 Å². The number of rotatable bonds is 8. The van der Waals surface area contributed by atoms with Crippen LogP contribution in [-0.2, 0) is 9.59 Å². The highest BCUT2D eigenvalue weighted by molar-refractivity contribution is 6.00. The molecule has 2 aliphatic rings. The Morgan fingerprint density at radius 1 is 1.09 bits per heavy atom. The first kappa shape index (κ1) is 24.4. The van der Waals surface area contributed by atoms with Crippen molar-refractivity contribution in [1.29, 1.82) is 0 Å². The van der Waals surface area contributed by atoms with E-state index in [0.717, 1.165) is 25.9 Å². The van der Waals surface area contributed by atoms with Crippen molar-refractivity contribution in [3.05, 3.63) is 18.2 Å². The number of carbonyl (C=O) groups excluding carboxylic acids is 2. The highest BCUT2D eigenvalue weighted by atomic mass is 16.5. The molecule has 2 amide bonds. The quantitative estimate of drug-likeness (QED) is 0.657. The first-order chi connectivity index (χ1) is 15.3. The Labute approximate surface area is 192 Å². The maximum absolute atomic E-state index is 13.5. The molecule has 1 aromatic rings. The van der Waals surface area contributed by atoms with E-state index >= 15 is 0 Å². The summed E-state index contributed by atoms with van der Waals surface area (Å²) in [5.41, 5.74) is -0.357. The number of hydrogen-bond donors (Lipinski definition) is 1. The lowest BCUT2D eigenvalue weighted by molar-refractivity contribution is -0.145. The molecule has 3 rings (SSSR count). The van der Waals surface area contributed by atoms with Crippen LogP contribution in [0, 0.1) is 5.92 Å². The Hall–Kier alpha value is -2.28. The zero-order valence-electron chi connectivity index (χ0n) is 20.3. The average molecular weight is 446 g/mol. The molecule has 3 atom stereocenters. The van der Waals surface area contributed by atoms with Gasteiger partial charge in [0.1, 0.15) is 17.0 Å². The maximum atomic E-state index is 13.5. The van der Waals surface area contributed by atoms with Gasteiger partial charge in [0.2, 0.25) is 11.8 Å². The van der Waals surface area contributed by atoms with Crippen LogP contribution in [0.5, 0.6) is 11.5 Å². The fourth-order valence-corrected chi connectivity index (χ4v) is 5.32. The van der Waals surface area contributed by atoms with Crippen LogP contribution in [0.4, 0.5) is 5.69 Å². The Balaban J connectivity index is 1.81. The van der Waals surface area contributed by atoms with Gasteiger partial charge in [0.25, 0.3) is 0 Å². The highest BCUT2D eigenvalue weighted by Crippen LogP contribution is 2.34. The normalized spacial score (nSPS) is 22.9. The van der Waals surface area contributed by atoms with Crippen molar-refractivity contribution in [2.75, 3.05) is 39.2 Å². The number of benzene rings is 1. The second-order valence-electron chi connectivity index (χ2n) is 9.31. The minimum Gasteiger partial charge on any atom is -0.497 e. The number of nitrogens with one attached hydrogen (secondary N) is 1. The van der Waals surface area contributed by atoms with Gasteiger partial charge < -0.3 is 24.6 Å². The summed E-state index contributed by atoms with van der Waals surface area (Å²) in [6.45, 7) is 8.36. The summed E-state index contributed by atoms with van der Waals surface area (Å²) < 4.78 is 10.7. The topological polar surface area (TPSA) is 71.1 Å². The van der Waals surface area contributed by atoms with Gasteiger partial charge in [-0.15, -0.1) is 0 Å². The van der Waals surface area contributed by atoms with Crippen molar-refractivity contribution in [2.45, 2.75) is 70.9 Å². The summed E-state index contributed by atoms with van der Waals surface area (Å²) in [7, 11) is 3.15. The molecule has 7 nitrogen and oxygen atoms in total. The van der Waals surface area contributed by atoms with Gasteiger partial charge in [-0.25, -0.2) is 0 Å². The smallest absolute Gasteiger partial charge is 0.250 e. The molecule has 1 N–H and O–H groups in total. The molecule has 0 unspecified atom stereocenters. The van der Waals surface area contributed by atoms with Gasteiger partial charge in [-0.3, -0.25) is 9.59 Å². The highest BCUT2D eigenvalue weighted by Gasteiger charge is 2.43. The number of anilines is 1. The number of amides is 2. The fraction of sp³-hybridized carbons (Fsp3) is 0.680. The molecule has 2 fully saturated rings. The third kappa shape index (κ3) is 5.20.